The van der Waals surface area contributed by atoms with E-state index in [9.17, 15) is 0 Å². The van der Waals surface area contributed by atoms with Crippen LogP contribution in [0, 0.1) is 0 Å². The zero-order valence-electron chi connectivity index (χ0n) is 12.5. The van der Waals surface area contributed by atoms with Crippen molar-refractivity contribution in [1.29, 1.82) is 0 Å². The van der Waals surface area contributed by atoms with Gasteiger partial charge in [0, 0.05) is 19.2 Å². The minimum Gasteiger partial charge on any atom is -0.474 e. The van der Waals surface area contributed by atoms with Crippen LogP contribution in [0.2, 0.25) is 0 Å². The fraction of sp³-hybridized carbons (Fsp3) is 0.733. The number of anilines is 1. The molecule has 1 fully saturated rings. The summed E-state index contributed by atoms with van der Waals surface area (Å²) in [5.41, 5.74) is 0. The third-order valence-corrected chi connectivity index (χ3v) is 3.33. The van der Waals surface area contributed by atoms with E-state index in [-0.39, 0.29) is 0 Å². The first-order chi connectivity index (χ1) is 9.81. The summed E-state index contributed by atoms with van der Waals surface area (Å²) in [4.78, 5) is 8.90. The molecule has 1 aromatic rings. The molecule has 20 heavy (non-hydrogen) atoms. The van der Waals surface area contributed by atoms with Crippen LogP contribution in [-0.2, 0) is 11.3 Å². The van der Waals surface area contributed by atoms with Gasteiger partial charge in [0.15, 0.2) is 5.82 Å². The van der Waals surface area contributed by atoms with Gasteiger partial charge >= 0.3 is 0 Å². The molecule has 0 atom stereocenters. The number of nitrogens with one attached hydrogen (secondary N) is 1. The fourth-order valence-corrected chi connectivity index (χ4v) is 2.31. The molecule has 1 aromatic heterocycles. The number of nitrogens with zero attached hydrogens (tertiary/aromatic N) is 2. The fourth-order valence-electron chi connectivity index (χ4n) is 2.31. The molecule has 0 unspecified atom stereocenters. The SMILES string of the molecule is CCCNc1cc(OC2CCCC2)nc(COCC)n1. The van der Waals surface area contributed by atoms with Gasteiger partial charge in [-0.15, -0.1) is 0 Å². The van der Waals surface area contributed by atoms with Crippen molar-refractivity contribution in [3.05, 3.63) is 11.9 Å². The van der Waals surface area contributed by atoms with Crippen molar-refractivity contribution in [2.45, 2.75) is 58.7 Å². The second-order valence-electron chi connectivity index (χ2n) is 5.10. The van der Waals surface area contributed by atoms with E-state index >= 15 is 0 Å². The first-order valence-corrected chi connectivity index (χ1v) is 7.68. The zero-order chi connectivity index (χ0) is 14.2. The van der Waals surface area contributed by atoms with Crippen molar-refractivity contribution in [1.82, 2.24) is 9.97 Å². The van der Waals surface area contributed by atoms with Gasteiger partial charge in [-0.2, -0.15) is 4.98 Å². The van der Waals surface area contributed by atoms with Crippen LogP contribution in [0.15, 0.2) is 6.07 Å². The van der Waals surface area contributed by atoms with Gasteiger partial charge in [-0.3, -0.25) is 0 Å². The van der Waals surface area contributed by atoms with Gasteiger partial charge in [-0.1, -0.05) is 6.92 Å². The Kier molecular flexibility index (Phi) is 6.05. The molecule has 0 radical (unpaired) electrons. The van der Waals surface area contributed by atoms with E-state index in [2.05, 4.69) is 22.2 Å². The Bertz CT molecular complexity index is 380. The molecule has 1 saturated carbocycles. The Balaban J connectivity index is 2.06. The average Bonchev–Trinajstić information content (AvgIpc) is 2.95. The lowest BCUT2D eigenvalue weighted by molar-refractivity contribution is 0.126. The molecule has 2 rings (SSSR count). The lowest BCUT2D eigenvalue weighted by Crippen LogP contribution is -2.14. The molecular weight excluding hydrogens is 254 g/mol. The predicted molar refractivity (Wildman–Crippen MR) is 79.0 cm³/mol. The Morgan fingerprint density at radius 2 is 2.05 bits per heavy atom. The third kappa shape index (κ3) is 4.63. The molecule has 1 aliphatic carbocycles. The van der Waals surface area contributed by atoms with Crippen molar-refractivity contribution in [3.63, 3.8) is 0 Å². The molecule has 0 aromatic carbocycles. The second-order valence-corrected chi connectivity index (χ2v) is 5.10. The Morgan fingerprint density at radius 1 is 1.25 bits per heavy atom. The van der Waals surface area contributed by atoms with Crippen molar-refractivity contribution in [2.75, 3.05) is 18.5 Å². The van der Waals surface area contributed by atoms with Crippen LogP contribution >= 0.6 is 0 Å². The first-order valence-electron chi connectivity index (χ1n) is 7.68. The summed E-state index contributed by atoms with van der Waals surface area (Å²) in [6, 6.07) is 1.89. The van der Waals surface area contributed by atoms with Gasteiger partial charge < -0.3 is 14.8 Å². The molecule has 0 amide bonds. The Hall–Kier alpha value is -1.36. The lowest BCUT2D eigenvalue weighted by atomic mass is 10.3. The zero-order valence-corrected chi connectivity index (χ0v) is 12.5. The molecular formula is C15H25N3O2. The number of ether oxygens (including phenoxy) is 2. The van der Waals surface area contributed by atoms with Gasteiger partial charge in [0.2, 0.25) is 5.88 Å². The highest BCUT2D eigenvalue weighted by Crippen LogP contribution is 2.24. The van der Waals surface area contributed by atoms with E-state index in [0.29, 0.717) is 31.0 Å². The van der Waals surface area contributed by atoms with Crippen LogP contribution in [0.1, 0.15) is 51.8 Å². The summed E-state index contributed by atoms with van der Waals surface area (Å²) in [6.45, 7) is 6.09. The van der Waals surface area contributed by atoms with E-state index in [1.165, 1.54) is 12.8 Å². The van der Waals surface area contributed by atoms with Gasteiger partial charge in [0.1, 0.15) is 18.5 Å². The maximum absolute atomic E-state index is 5.97. The summed E-state index contributed by atoms with van der Waals surface area (Å²) in [6.07, 6.45) is 6.13. The number of hydrogen-bond donors (Lipinski definition) is 1. The average molecular weight is 279 g/mol. The Morgan fingerprint density at radius 3 is 2.75 bits per heavy atom. The predicted octanol–water partition coefficient (Wildman–Crippen LogP) is 3.16. The van der Waals surface area contributed by atoms with Crippen molar-refractivity contribution in [2.24, 2.45) is 0 Å². The van der Waals surface area contributed by atoms with E-state index < -0.39 is 0 Å². The van der Waals surface area contributed by atoms with Crippen LogP contribution in [0.4, 0.5) is 5.82 Å². The maximum atomic E-state index is 5.97. The van der Waals surface area contributed by atoms with Gasteiger partial charge in [0.05, 0.1) is 0 Å². The van der Waals surface area contributed by atoms with Crippen molar-refractivity contribution in [3.8, 4) is 5.88 Å². The minimum absolute atomic E-state index is 0.309. The van der Waals surface area contributed by atoms with Crippen LogP contribution in [0.3, 0.4) is 0 Å². The highest BCUT2D eigenvalue weighted by atomic mass is 16.5. The van der Waals surface area contributed by atoms with Crippen LogP contribution in [0.25, 0.3) is 0 Å². The van der Waals surface area contributed by atoms with Crippen molar-refractivity contribution >= 4 is 5.82 Å². The molecule has 5 nitrogen and oxygen atoms in total. The molecule has 0 bridgehead atoms. The standard InChI is InChI=1S/C15H25N3O2/c1-3-9-16-13-10-15(20-12-7-5-6-8-12)18-14(17-13)11-19-4-2/h10,12H,3-9,11H2,1-2H3,(H,16,17,18). The molecule has 0 saturated heterocycles. The number of rotatable bonds is 8. The Labute approximate surface area is 121 Å². The highest BCUT2D eigenvalue weighted by Gasteiger charge is 2.18. The van der Waals surface area contributed by atoms with Gasteiger partial charge in [-0.25, -0.2) is 4.98 Å². The quantitative estimate of drug-likeness (QED) is 0.792. The number of aromatic nitrogens is 2. The van der Waals surface area contributed by atoms with Gasteiger partial charge in [-0.05, 0) is 39.0 Å². The van der Waals surface area contributed by atoms with Gasteiger partial charge in [0.25, 0.3) is 0 Å². The van der Waals surface area contributed by atoms with E-state index in [4.69, 9.17) is 9.47 Å². The normalized spacial score (nSPS) is 15.5. The summed E-state index contributed by atoms with van der Waals surface area (Å²) < 4.78 is 11.4. The maximum Gasteiger partial charge on any atom is 0.219 e. The van der Waals surface area contributed by atoms with E-state index in [1.807, 2.05) is 13.0 Å². The minimum atomic E-state index is 0.309. The first kappa shape index (κ1) is 15.0. The number of hydrogen-bond acceptors (Lipinski definition) is 5. The molecule has 0 spiro atoms. The molecule has 1 aliphatic rings. The monoisotopic (exact) mass is 279 g/mol. The smallest absolute Gasteiger partial charge is 0.219 e. The molecule has 1 heterocycles. The molecule has 1 N–H and O–H groups in total. The summed E-state index contributed by atoms with van der Waals surface area (Å²) in [5.74, 6) is 2.17. The van der Waals surface area contributed by atoms with E-state index in [1.54, 1.807) is 0 Å². The van der Waals surface area contributed by atoms with Crippen LogP contribution < -0.4 is 10.1 Å². The lowest BCUT2D eigenvalue weighted by Gasteiger charge is -2.14. The topological polar surface area (TPSA) is 56.3 Å². The van der Waals surface area contributed by atoms with Crippen molar-refractivity contribution < 1.29 is 9.47 Å². The summed E-state index contributed by atoms with van der Waals surface area (Å²) in [7, 11) is 0. The molecule has 112 valence electrons. The van der Waals surface area contributed by atoms with E-state index in [0.717, 1.165) is 31.6 Å². The highest BCUT2D eigenvalue weighted by molar-refractivity contribution is 5.38. The van der Waals surface area contributed by atoms with Crippen LogP contribution in [-0.4, -0.2) is 29.2 Å². The molecule has 0 aliphatic heterocycles. The third-order valence-electron chi connectivity index (χ3n) is 3.33. The molecule has 5 heteroatoms. The second kappa shape index (κ2) is 8.04. The summed E-state index contributed by atoms with van der Waals surface area (Å²) in [5, 5.41) is 3.29. The van der Waals surface area contributed by atoms with Crippen LogP contribution in [0.5, 0.6) is 5.88 Å². The summed E-state index contributed by atoms with van der Waals surface area (Å²) >= 11 is 0. The largest absolute Gasteiger partial charge is 0.474 e.